The van der Waals surface area contributed by atoms with Crippen LogP contribution in [-0.2, 0) is 19.5 Å². The van der Waals surface area contributed by atoms with Crippen LogP contribution in [0.4, 0.5) is 0 Å². The van der Waals surface area contributed by atoms with E-state index in [0.717, 1.165) is 66.5 Å². The van der Waals surface area contributed by atoms with Crippen LogP contribution in [0.2, 0.25) is 0 Å². The van der Waals surface area contributed by atoms with Crippen LogP contribution in [0.5, 0.6) is 11.5 Å². The minimum absolute atomic E-state index is 0.0319. The van der Waals surface area contributed by atoms with Crippen molar-refractivity contribution in [3.05, 3.63) is 51.2 Å². The second-order valence-corrected chi connectivity index (χ2v) is 6.76. The van der Waals surface area contributed by atoms with Crippen LogP contribution in [0, 0.1) is 0 Å². The molecule has 0 unspecified atom stereocenters. The second-order valence-electron chi connectivity index (χ2n) is 6.76. The summed E-state index contributed by atoms with van der Waals surface area (Å²) >= 11 is 0. The minimum atomic E-state index is 0.0319. The van der Waals surface area contributed by atoms with E-state index in [1.807, 2.05) is 12.1 Å². The Morgan fingerprint density at radius 3 is 3.08 bits per heavy atom. The number of para-hydroxylation sites is 1. The Morgan fingerprint density at radius 2 is 2.21 bits per heavy atom. The first-order valence-corrected chi connectivity index (χ1v) is 8.50. The van der Waals surface area contributed by atoms with Crippen LogP contribution < -0.4 is 15.0 Å². The van der Waals surface area contributed by atoms with Gasteiger partial charge in [-0.15, -0.1) is 0 Å². The van der Waals surface area contributed by atoms with Crippen molar-refractivity contribution < 1.29 is 9.47 Å². The maximum absolute atomic E-state index is 12.4. The molecule has 1 fully saturated rings. The van der Waals surface area contributed by atoms with E-state index in [1.54, 1.807) is 0 Å². The predicted molar refractivity (Wildman–Crippen MR) is 87.2 cm³/mol. The molecule has 1 aromatic carbocycles. The van der Waals surface area contributed by atoms with Crippen LogP contribution in [0.1, 0.15) is 41.4 Å². The molecule has 6 heteroatoms. The number of nitrogens with one attached hydrogen (secondary N) is 1. The van der Waals surface area contributed by atoms with Gasteiger partial charge >= 0.3 is 0 Å². The molecule has 0 saturated heterocycles. The summed E-state index contributed by atoms with van der Waals surface area (Å²) in [6.07, 6.45) is 3.12. The highest BCUT2D eigenvalue weighted by molar-refractivity contribution is 5.48. The first-order valence-electron chi connectivity index (χ1n) is 8.50. The van der Waals surface area contributed by atoms with Gasteiger partial charge in [0, 0.05) is 37.5 Å². The molecule has 2 aromatic rings. The lowest BCUT2D eigenvalue weighted by Crippen LogP contribution is -2.35. The van der Waals surface area contributed by atoms with Crippen molar-refractivity contribution in [1.82, 2.24) is 14.9 Å². The lowest BCUT2D eigenvalue weighted by Gasteiger charge is -2.28. The van der Waals surface area contributed by atoms with Crippen LogP contribution >= 0.6 is 0 Å². The van der Waals surface area contributed by atoms with Gasteiger partial charge in [-0.1, -0.05) is 12.1 Å². The summed E-state index contributed by atoms with van der Waals surface area (Å²) < 4.78 is 11.0. The number of hydrogen-bond donors (Lipinski definition) is 1. The fourth-order valence-electron chi connectivity index (χ4n) is 3.54. The molecule has 3 heterocycles. The highest BCUT2D eigenvalue weighted by Gasteiger charge is 2.29. The van der Waals surface area contributed by atoms with Crippen LogP contribution in [0.25, 0.3) is 0 Å². The molecule has 24 heavy (non-hydrogen) atoms. The van der Waals surface area contributed by atoms with Gasteiger partial charge in [-0.2, -0.15) is 0 Å². The Hall–Kier alpha value is -2.34. The van der Waals surface area contributed by atoms with E-state index in [9.17, 15) is 4.79 Å². The maximum atomic E-state index is 12.4. The molecule has 5 rings (SSSR count). The van der Waals surface area contributed by atoms with Crippen molar-refractivity contribution >= 4 is 0 Å². The van der Waals surface area contributed by atoms with E-state index in [0.29, 0.717) is 12.5 Å². The Kier molecular flexibility index (Phi) is 3.13. The molecule has 1 aromatic heterocycles. The molecule has 1 aliphatic carbocycles. The summed E-state index contributed by atoms with van der Waals surface area (Å²) in [4.78, 5) is 22.4. The Bertz CT molecular complexity index is 857. The molecule has 0 bridgehead atoms. The van der Waals surface area contributed by atoms with Gasteiger partial charge in [-0.25, -0.2) is 4.98 Å². The van der Waals surface area contributed by atoms with Gasteiger partial charge in [-0.05, 0) is 18.9 Å². The molecule has 124 valence electrons. The summed E-state index contributed by atoms with van der Waals surface area (Å²) in [5.74, 6) is 3.00. The molecule has 1 N–H and O–H groups in total. The maximum Gasteiger partial charge on any atom is 0.255 e. The largest absolute Gasteiger partial charge is 0.454 e. The molecule has 6 nitrogen and oxygen atoms in total. The number of hydrogen-bond acceptors (Lipinski definition) is 5. The van der Waals surface area contributed by atoms with Gasteiger partial charge < -0.3 is 14.5 Å². The number of aromatic amines is 1. The van der Waals surface area contributed by atoms with Crippen molar-refractivity contribution in [3.8, 4) is 11.5 Å². The molecule has 3 aliphatic rings. The van der Waals surface area contributed by atoms with Gasteiger partial charge in [0.15, 0.2) is 11.5 Å². The summed E-state index contributed by atoms with van der Waals surface area (Å²) in [5.41, 5.74) is 2.93. The SMILES string of the molecule is O=c1[nH]c(C2CC2)nc2c1CN(Cc1cccc3c1OCO3)CC2. The zero-order chi connectivity index (χ0) is 16.1. The number of rotatable bonds is 3. The Balaban J connectivity index is 1.39. The van der Waals surface area contributed by atoms with Gasteiger partial charge in [-0.3, -0.25) is 9.69 Å². The van der Waals surface area contributed by atoms with Gasteiger partial charge in [0.25, 0.3) is 5.56 Å². The third-order valence-corrected chi connectivity index (χ3v) is 5.00. The number of H-pyrrole nitrogens is 1. The Morgan fingerprint density at radius 1 is 1.29 bits per heavy atom. The van der Waals surface area contributed by atoms with E-state index in [1.165, 1.54) is 0 Å². The molecule has 0 radical (unpaired) electrons. The van der Waals surface area contributed by atoms with Crippen molar-refractivity contribution in [1.29, 1.82) is 0 Å². The molecule has 0 amide bonds. The molecule has 1 saturated carbocycles. The fourth-order valence-corrected chi connectivity index (χ4v) is 3.54. The summed E-state index contributed by atoms with van der Waals surface area (Å²) in [7, 11) is 0. The standard InChI is InChI=1S/C18H19N3O3/c22-18-13-9-21(7-6-14(13)19-17(20-18)11-4-5-11)8-12-2-1-3-15-16(12)24-10-23-15/h1-3,11H,4-10H2,(H,19,20,22). The van der Waals surface area contributed by atoms with E-state index in [2.05, 4.69) is 16.0 Å². The van der Waals surface area contributed by atoms with E-state index in [-0.39, 0.29) is 12.4 Å². The summed E-state index contributed by atoms with van der Waals surface area (Å²) in [6.45, 7) is 2.56. The first-order chi connectivity index (χ1) is 11.8. The average molecular weight is 325 g/mol. The fraction of sp³-hybridized carbons (Fsp3) is 0.444. The lowest BCUT2D eigenvalue weighted by molar-refractivity contribution is 0.171. The van der Waals surface area contributed by atoms with Crippen LogP contribution in [-0.4, -0.2) is 28.2 Å². The molecular weight excluding hydrogens is 306 g/mol. The Labute approximate surface area is 139 Å². The quantitative estimate of drug-likeness (QED) is 0.934. The van der Waals surface area contributed by atoms with Crippen LogP contribution in [0.3, 0.4) is 0 Å². The molecule has 0 spiro atoms. The van der Waals surface area contributed by atoms with Crippen molar-refractivity contribution in [2.75, 3.05) is 13.3 Å². The molecule has 2 aliphatic heterocycles. The second kappa shape index (κ2) is 5.34. The number of fused-ring (bicyclic) bond motifs is 2. The van der Waals surface area contributed by atoms with E-state index >= 15 is 0 Å². The highest BCUT2D eigenvalue weighted by Crippen LogP contribution is 2.38. The van der Waals surface area contributed by atoms with E-state index in [4.69, 9.17) is 14.5 Å². The molecular formula is C18H19N3O3. The predicted octanol–water partition coefficient (Wildman–Crippen LogP) is 1.93. The first kappa shape index (κ1) is 14.0. The van der Waals surface area contributed by atoms with Gasteiger partial charge in [0.2, 0.25) is 6.79 Å². The summed E-state index contributed by atoms with van der Waals surface area (Å²) in [5, 5.41) is 0. The number of aromatic nitrogens is 2. The van der Waals surface area contributed by atoms with Gasteiger partial charge in [0.05, 0.1) is 11.3 Å². The third kappa shape index (κ3) is 2.38. The minimum Gasteiger partial charge on any atom is -0.454 e. The monoisotopic (exact) mass is 325 g/mol. The normalized spacial score (nSPS) is 19.3. The molecule has 0 atom stereocenters. The summed E-state index contributed by atoms with van der Waals surface area (Å²) in [6, 6.07) is 5.96. The lowest BCUT2D eigenvalue weighted by atomic mass is 10.1. The number of benzene rings is 1. The van der Waals surface area contributed by atoms with Crippen molar-refractivity contribution in [3.63, 3.8) is 0 Å². The van der Waals surface area contributed by atoms with E-state index < -0.39 is 0 Å². The van der Waals surface area contributed by atoms with Gasteiger partial charge in [0.1, 0.15) is 5.82 Å². The smallest absolute Gasteiger partial charge is 0.255 e. The number of ether oxygens (including phenoxy) is 2. The average Bonchev–Trinajstić information content (AvgIpc) is 3.33. The number of nitrogens with zero attached hydrogens (tertiary/aromatic N) is 2. The van der Waals surface area contributed by atoms with Crippen molar-refractivity contribution in [2.24, 2.45) is 0 Å². The third-order valence-electron chi connectivity index (χ3n) is 5.00. The van der Waals surface area contributed by atoms with Crippen molar-refractivity contribution in [2.45, 2.75) is 38.3 Å². The topological polar surface area (TPSA) is 67.5 Å². The zero-order valence-corrected chi connectivity index (χ0v) is 13.4. The highest BCUT2D eigenvalue weighted by atomic mass is 16.7. The van der Waals surface area contributed by atoms with Crippen LogP contribution in [0.15, 0.2) is 23.0 Å². The zero-order valence-electron chi connectivity index (χ0n) is 13.4.